The second-order valence-corrected chi connectivity index (χ2v) is 4.92. The molecule has 0 saturated heterocycles. The summed E-state index contributed by atoms with van der Waals surface area (Å²) in [5.41, 5.74) is 3.29. The molecule has 7 heteroatoms. The van der Waals surface area contributed by atoms with Crippen LogP contribution in [0.4, 0.5) is 11.7 Å². The van der Waals surface area contributed by atoms with Crippen molar-refractivity contribution < 1.29 is 18.8 Å². The minimum Gasteiger partial charge on any atom is -0.476 e. The summed E-state index contributed by atoms with van der Waals surface area (Å²) in [4.78, 5) is 15.0. The predicted molar refractivity (Wildman–Crippen MR) is 78.2 cm³/mol. The number of carboxylic acids is 1. The summed E-state index contributed by atoms with van der Waals surface area (Å²) in [5, 5.41) is 15.3. The molecule has 1 aromatic carbocycles. The number of carboxylic acid groups (broad SMARTS) is 1. The Morgan fingerprint density at radius 3 is 2.55 bits per heavy atom. The molecule has 2 N–H and O–H groups in total. The highest BCUT2D eigenvalue weighted by Crippen LogP contribution is 2.24. The third-order valence-electron chi connectivity index (χ3n) is 2.96. The first-order valence-electron chi connectivity index (χ1n) is 6.52. The zero-order valence-corrected chi connectivity index (χ0v) is 12.0. The van der Waals surface area contributed by atoms with Crippen LogP contribution in [0, 0.1) is 13.8 Å². The number of rotatable bonds is 4. The number of nitrogens with one attached hydrogen (secondary N) is 1. The Balaban J connectivity index is 1.82. The zero-order chi connectivity index (χ0) is 15.7. The van der Waals surface area contributed by atoms with E-state index in [4.69, 9.17) is 14.0 Å². The Morgan fingerprint density at radius 2 is 1.91 bits per heavy atom. The molecule has 0 unspecified atom stereocenters. The fourth-order valence-electron chi connectivity index (χ4n) is 2.11. The fraction of sp³-hybridized carbons (Fsp3) is 0.133. The van der Waals surface area contributed by atoms with Gasteiger partial charge in [-0.2, -0.15) is 4.98 Å². The SMILES string of the molecule is Cc1cc(C)cc(Nc2nc(-c3cc(C(=O)O)no3)co2)c1. The molecular formula is C15H13N3O4. The van der Waals surface area contributed by atoms with Crippen LogP contribution in [0.25, 0.3) is 11.5 Å². The number of oxazole rings is 1. The van der Waals surface area contributed by atoms with Gasteiger partial charge in [-0.25, -0.2) is 4.79 Å². The van der Waals surface area contributed by atoms with E-state index in [2.05, 4.69) is 21.5 Å². The summed E-state index contributed by atoms with van der Waals surface area (Å²) in [5.74, 6) is -0.929. The molecule has 0 atom stereocenters. The number of hydrogen-bond donors (Lipinski definition) is 2. The lowest BCUT2D eigenvalue weighted by Gasteiger charge is -2.04. The van der Waals surface area contributed by atoms with Crippen LogP contribution in [0.15, 0.2) is 39.5 Å². The number of aromatic carboxylic acids is 1. The molecule has 0 aliphatic carbocycles. The van der Waals surface area contributed by atoms with Gasteiger partial charge in [0.25, 0.3) is 6.01 Å². The molecule has 3 rings (SSSR count). The molecule has 2 heterocycles. The van der Waals surface area contributed by atoms with Crippen LogP contribution in [-0.4, -0.2) is 21.2 Å². The van der Waals surface area contributed by atoms with E-state index in [1.807, 2.05) is 26.0 Å². The molecule has 3 aromatic rings. The summed E-state index contributed by atoms with van der Waals surface area (Å²) in [6.07, 6.45) is 1.37. The average molecular weight is 299 g/mol. The molecule has 0 radical (unpaired) electrons. The largest absolute Gasteiger partial charge is 0.476 e. The number of benzene rings is 1. The van der Waals surface area contributed by atoms with Gasteiger partial charge in [0.1, 0.15) is 12.0 Å². The van der Waals surface area contributed by atoms with Gasteiger partial charge in [-0.1, -0.05) is 11.2 Å². The molecule has 0 fully saturated rings. The van der Waals surface area contributed by atoms with Gasteiger partial charge in [0.05, 0.1) is 0 Å². The number of nitrogens with zero attached hydrogens (tertiary/aromatic N) is 2. The lowest BCUT2D eigenvalue weighted by Crippen LogP contribution is -1.94. The quantitative estimate of drug-likeness (QED) is 0.761. The van der Waals surface area contributed by atoms with Gasteiger partial charge in [0.15, 0.2) is 11.5 Å². The highest BCUT2D eigenvalue weighted by Gasteiger charge is 2.15. The van der Waals surface area contributed by atoms with Crippen LogP contribution >= 0.6 is 0 Å². The van der Waals surface area contributed by atoms with Gasteiger partial charge < -0.3 is 19.4 Å². The number of anilines is 2. The van der Waals surface area contributed by atoms with Crippen molar-refractivity contribution in [3.8, 4) is 11.5 Å². The third kappa shape index (κ3) is 2.83. The topological polar surface area (TPSA) is 101 Å². The lowest BCUT2D eigenvalue weighted by atomic mass is 10.1. The monoisotopic (exact) mass is 299 g/mol. The lowest BCUT2D eigenvalue weighted by molar-refractivity contribution is 0.0686. The van der Waals surface area contributed by atoms with E-state index in [0.29, 0.717) is 5.69 Å². The summed E-state index contributed by atoms with van der Waals surface area (Å²) in [7, 11) is 0. The second-order valence-electron chi connectivity index (χ2n) is 4.92. The van der Waals surface area contributed by atoms with Crippen molar-refractivity contribution in [3.05, 3.63) is 47.3 Å². The van der Waals surface area contributed by atoms with Gasteiger partial charge in [0.2, 0.25) is 0 Å². The number of hydrogen-bond acceptors (Lipinski definition) is 6. The Labute approximate surface area is 125 Å². The second kappa shape index (κ2) is 5.36. The number of carbonyl (C=O) groups is 1. The van der Waals surface area contributed by atoms with E-state index in [9.17, 15) is 4.79 Å². The first-order chi connectivity index (χ1) is 10.5. The molecule has 0 aliphatic heterocycles. The van der Waals surface area contributed by atoms with Crippen LogP contribution in [0.5, 0.6) is 0 Å². The van der Waals surface area contributed by atoms with Gasteiger partial charge in [-0.3, -0.25) is 0 Å². The number of aromatic nitrogens is 2. The van der Waals surface area contributed by atoms with Crippen molar-refractivity contribution in [2.75, 3.05) is 5.32 Å². The molecule has 0 bridgehead atoms. The minimum absolute atomic E-state index is 0.179. The Kier molecular flexibility index (Phi) is 3.38. The molecule has 2 aromatic heterocycles. The van der Waals surface area contributed by atoms with Gasteiger partial charge >= 0.3 is 5.97 Å². The minimum atomic E-state index is -1.16. The molecule has 7 nitrogen and oxygen atoms in total. The zero-order valence-electron chi connectivity index (χ0n) is 12.0. The third-order valence-corrected chi connectivity index (χ3v) is 2.96. The first kappa shape index (κ1) is 13.9. The molecule has 0 aliphatic rings. The Morgan fingerprint density at radius 1 is 1.18 bits per heavy atom. The average Bonchev–Trinajstić information content (AvgIpc) is 3.05. The van der Waals surface area contributed by atoms with Crippen LogP contribution in [-0.2, 0) is 0 Å². The van der Waals surface area contributed by atoms with E-state index in [0.717, 1.165) is 16.8 Å². The van der Waals surface area contributed by atoms with Crippen molar-refractivity contribution in [1.29, 1.82) is 0 Å². The highest BCUT2D eigenvalue weighted by molar-refractivity contribution is 5.86. The summed E-state index contributed by atoms with van der Waals surface area (Å²) in [6, 6.07) is 7.57. The van der Waals surface area contributed by atoms with Crippen molar-refractivity contribution >= 4 is 17.7 Å². The van der Waals surface area contributed by atoms with Crippen LogP contribution in [0.2, 0.25) is 0 Å². The summed E-state index contributed by atoms with van der Waals surface area (Å²) in [6.45, 7) is 4.00. The smallest absolute Gasteiger partial charge is 0.358 e. The maximum atomic E-state index is 10.8. The Hall–Kier alpha value is -3.09. The Bertz CT molecular complexity index is 815. The van der Waals surface area contributed by atoms with E-state index in [1.165, 1.54) is 12.3 Å². The number of aryl methyl sites for hydroxylation is 2. The predicted octanol–water partition coefficient (Wildman–Crippen LogP) is 3.39. The van der Waals surface area contributed by atoms with Crippen LogP contribution < -0.4 is 5.32 Å². The van der Waals surface area contributed by atoms with Gasteiger partial charge in [-0.05, 0) is 37.1 Å². The van der Waals surface area contributed by atoms with E-state index in [-0.39, 0.29) is 17.5 Å². The summed E-state index contributed by atoms with van der Waals surface area (Å²) < 4.78 is 10.2. The van der Waals surface area contributed by atoms with Crippen LogP contribution in [0.1, 0.15) is 21.6 Å². The molecule has 0 spiro atoms. The molecular weight excluding hydrogens is 286 g/mol. The van der Waals surface area contributed by atoms with Crippen molar-refractivity contribution in [2.45, 2.75) is 13.8 Å². The van der Waals surface area contributed by atoms with Gasteiger partial charge in [0, 0.05) is 11.8 Å². The van der Waals surface area contributed by atoms with E-state index >= 15 is 0 Å². The molecule has 0 amide bonds. The first-order valence-corrected chi connectivity index (χ1v) is 6.52. The normalized spacial score (nSPS) is 10.6. The standard InChI is InChI=1S/C15H13N3O4/c1-8-3-9(2)5-10(4-8)16-15-17-12(7-21-15)13-6-11(14(19)20)18-22-13/h3-7H,1-2H3,(H,16,17)(H,19,20). The highest BCUT2D eigenvalue weighted by atomic mass is 16.5. The van der Waals surface area contributed by atoms with Crippen LogP contribution in [0.3, 0.4) is 0 Å². The maximum Gasteiger partial charge on any atom is 0.358 e. The maximum absolute atomic E-state index is 10.8. The molecule has 22 heavy (non-hydrogen) atoms. The molecule has 112 valence electrons. The van der Waals surface area contributed by atoms with E-state index in [1.54, 1.807) is 0 Å². The van der Waals surface area contributed by atoms with Gasteiger partial charge in [-0.15, -0.1) is 0 Å². The molecule has 0 saturated carbocycles. The van der Waals surface area contributed by atoms with E-state index < -0.39 is 5.97 Å². The van der Waals surface area contributed by atoms with Crippen molar-refractivity contribution in [3.63, 3.8) is 0 Å². The summed E-state index contributed by atoms with van der Waals surface area (Å²) >= 11 is 0. The van der Waals surface area contributed by atoms with Crippen molar-refractivity contribution in [1.82, 2.24) is 10.1 Å². The fourth-order valence-corrected chi connectivity index (χ4v) is 2.11. The van der Waals surface area contributed by atoms with Crippen molar-refractivity contribution in [2.24, 2.45) is 0 Å².